The quantitative estimate of drug-likeness (QED) is 0.259. The van der Waals surface area contributed by atoms with Crippen LogP contribution in [0.25, 0.3) is 0 Å². The normalized spacial score (nSPS) is 22.1. The lowest BCUT2D eigenvalue weighted by Crippen LogP contribution is -2.21. The second-order valence-electron chi connectivity index (χ2n) is 7.56. The minimum Gasteiger partial charge on any atom is -0.469 e. The molecule has 1 aliphatic rings. The fourth-order valence-corrected chi connectivity index (χ4v) is 3.74. The Morgan fingerprint density at radius 2 is 1.86 bits per heavy atom. The SMILES string of the molecule is COCCCCCC(=O)CC[C@H]1C(O)CC(=O)C1CC=CCCCC(=O)OC. The molecule has 1 saturated carbocycles. The van der Waals surface area contributed by atoms with Gasteiger partial charge in [-0.25, -0.2) is 0 Å². The van der Waals surface area contributed by atoms with Gasteiger partial charge in [0.2, 0.25) is 0 Å². The molecule has 0 aliphatic heterocycles. The summed E-state index contributed by atoms with van der Waals surface area (Å²) in [4.78, 5) is 35.4. The second-order valence-corrected chi connectivity index (χ2v) is 7.56. The summed E-state index contributed by atoms with van der Waals surface area (Å²) < 4.78 is 9.59. The highest BCUT2D eigenvalue weighted by atomic mass is 16.5. The Kier molecular flexibility index (Phi) is 12.7. The number of esters is 1. The Balaban J connectivity index is 2.33. The summed E-state index contributed by atoms with van der Waals surface area (Å²) >= 11 is 0. The third kappa shape index (κ3) is 9.60. The van der Waals surface area contributed by atoms with Crippen LogP contribution in [-0.4, -0.2) is 49.6 Å². The van der Waals surface area contributed by atoms with Crippen LogP contribution in [0.2, 0.25) is 0 Å². The number of allylic oxidation sites excluding steroid dienone is 2. The van der Waals surface area contributed by atoms with Gasteiger partial charge in [-0.05, 0) is 44.4 Å². The highest BCUT2D eigenvalue weighted by Gasteiger charge is 2.40. The van der Waals surface area contributed by atoms with E-state index in [2.05, 4.69) is 4.74 Å². The van der Waals surface area contributed by atoms with Gasteiger partial charge in [0.15, 0.2) is 0 Å². The minimum absolute atomic E-state index is 0.0868. The number of carbonyl (C=O) groups is 3. The maximum absolute atomic E-state index is 12.2. The van der Waals surface area contributed by atoms with Crippen molar-refractivity contribution >= 4 is 17.5 Å². The first-order chi connectivity index (χ1) is 13.5. The molecule has 28 heavy (non-hydrogen) atoms. The van der Waals surface area contributed by atoms with Gasteiger partial charge in [0.05, 0.1) is 13.2 Å². The zero-order valence-corrected chi connectivity index (χ0v) is 17.4. The van der Waals surface area contributed by atoms with Crippen molar-refractivity contribution in [3.8, 4) is 0 Å². The van der Waals surface area contributed by atoms with E-state index in [0.717, 1.165) is 32.3 Å². The summed E-state index contributed by atoms with van der Waals surface area (Å²) in [5.74, 6) is -0.262. The molecule has 0 aromatic heterocycles. The number of unbranched alkanes of at least 4 members (excludes halogenated alkanes) is 3. The van der Waals surface area contributed by atoms with Gasteiger partial charge in [0, 0.05) is 45.3 Å². The first kappa shape index (κ1) is 24.5. The maximum Gasteiger partial charge on any atom is 0.305 e. The van der Waals surface area contributed by atoms with Crippen molar-refractivity contribution in [3.63, 3.8) is 0 Å². The highest BCUT2D eigenvalue weighted by Crippen LogP contribution is 2.35. The Labute approximate surface area is 168 Å². The summed E-state index contributed by atoms with van der Waals surface area (Å²) in [6.07, 6.45) is 10.3. The lowest BCUT2D eigenvalue weighted by molar-refractivity contribution is -0.140. The van der Waals surface area contributed by atoms with Gasteiger partial charge in [-0.3, -0.25) is 14.4 Å². The summed E-state index contributed by atoms with van der Waals surface area (Å²) in [7, 11) is 3.05. The molecule has 1 fully saturated rings. The van der Waals surface area contributed by atoms with Gasteiger partial charge in [-0.15, -0.1) is 0 Å². The van der Waals surface area contributed by atoms with Gasteiger partial charge in [0.25, 0.3) is 0 Å². The van der Waals surface area contributed by atoms with Crippen LogP contribution in [0.1, 0.15) is 70.6 Å². The van der Waals surface area contributed by atoms with Gasteiger partial charge in [-0.2, -0.15) is 0 Å². The lowest BCUT2D eigenvalue weighted by atomic mass is 9.86. The molecule has 3 atom stereocenters. The molecule has 0 saturated heterocycles. The Morgan fingerprint density at radius 1 is 1.07 bits per heavy atom. The monoisotopic (exact) mass is 396 g/mol. The molecule has 160 valence electrons. The van der Waals surface area contributed by atoms with Crippen LogP contribution in [0.15, 0.2) is 12.2 Å². The van der Waals surface area contributed by atoms with Gasteiger partial charge < -0.3 is 14.6 Å². The standard InChI is InChI=1S/C22H36O6/c1-27-15-9-5-6-10-17(23)13-14-19-18(20(24)16-21(19)25)11-7-3-4-8-12-22(26)28-2/h3,7,18-19,21,25H,4-6,8-16H2,1-2H3/t18?,19-,21?/m1/s1. The molecule has 6 nitrogen and oxygen atoms in total. The molecule has 1 rings (SSSR count). The number of hydrogen-bond acceptors (Lipinski definition) is 6. The predicted molar refractivity (Wildman–Crippen MR) is 107 cm³/mol. The number of aliphatic hydroxyl groups is 1. The number of carbonyl (C=O) groups excluding carboxylic acids is 3. The molecule has 1 N–H and O–H groups in total. The molecule has 0 bridgehead atoms. The van der Waals surface area contributed by atoms with Crippen LogP contribution in [0.5, 0.6) is 0 Å². The third-order valence-electron chi connectivity index (χ3n) is 5.43. The van der Waals surface area contributed by atoms with Crippen molar-refractivity contribution < 1.29 is 29.0 Å². The average Bonchev–Trinajstić information content (AvgIpc) is 2.94. The molecule has 0 spiro atoms. The first-order valence-corrected chi connectivity index (χ1v) is 10.4. The van der Waals surface area contributed by atoms with Crippen LogP contribution in [0.4, 0.5) is 0 Å². The van der Waals surface area contributed by atoms with E-state index in [1.54, 1.807) is 7.11 Å². The molecule has 0 heterocycles. The fourth-order valence-electron chi connectivity index (χ4n) is 3.74. The van der Waals surface area contributed by atoms with E-state index >= 15 is 0 Å². The topological polar surface area (TPSA) is 89.9 Å². The molecule has 1 aliphatic carbocycles. The van der Waals surface area contributed by atoms with Crippen molar-refractivity contribution in [1.82, 2.24) is 0 Å². The summed E-state index contributed by atoms with van der Waals surface area (Å²) in [5.41, 5.74) is 0. The van der Waals surface area contributed by atoms with Gasteiger partial charge in [-0.1, -0.05) is 18.6 Å². The van der Waals surface area contributed by atoms with Crippen LogP contribution in [-0.2, 0) is 23.9 Å². The third-order valence-corrected chi connectivity index (χ3v) is 5.43. The van der Waals surface area contributed by atoms with E-state index < -0.39 is 6.10 Å². The van der Waals surface area contributed by atoms with Crippen molar-refractivity contribution in [2.75, 3.05) is 20.8 Å². The molecular formula is C22H36O6. The number of ketones is 2. The molecule has 0 radical (unpaired) electrons. The van der Waals surface area contributed by atoms with Gasteiger partial charge in [0.1, 0.15) is 11.6 Å². The molecule has 0 amide bonds. The molecular weight excluding hydrogens is 360 g/mol. The van der Waals surface area contributed by atoms with E-state index in [1.807, 2.05) is 12.2 Å². The predicted octanol–water partition coefficient (Wildman–Crippen LogP) is 3.40. The maximum atomic E-state index is 12.2. The lowest BCUT2D eigenvalue weighted by Gasteiger charge is -2.19. The number of ether oxygens (including phenoxy) is 2. The molecule has 0 aromatic carbocycles. The first-order valence-electron chi connectivity index (χ1n) is 10.4. The number of Topliss-reactive ketones (excluding diaryl/α,β-unsaturated/α-hetero) is 2. The second kappa shape index (κ2) is 14.5. The Morgan fingerprint density at radius 3 is 2.57 bits per heavy atom. The molecule has 0 aromatic rings. The summed E-state index contributed by atoms with van der Waals surface area (Å²) in [6, 6.07) is 0. The average molecular weight is 397 g/mol. The van der Waals surface area contributed by atoms with Crippen molar-refractivity contribution in [2.24, 2.45) is 11.8 Å². The number of rotatable bonds is 15. The van der Waals surface area contributed by atoms with Crippen molar-refractivity contribution in [3.05, 3.63) is 12.2 Å². The van der Waals surface area contributed by atoms with E-state index in [9.17, 15) is 19.5 Å². The number of aliphatic hydroxyl groups excluding tert-OH is 1. The summed E-state index contributed by atoms with van der Waals surface area (Å²) in [6.45, 7) is 0.725. The highest BCUT2D eigenvalue weighted by molar-refractivity contribution is 5.84. The van der Waals surface area contributed by atoms with E-state index in [-0.39, 0.29) is 35.8 Å². The van der Waals surface area contributed by atoms with E-state index in [4.69, 9.17) is 4.74 Å². The van der Waals surface area contributed by atoms with Crippen LogP contribution < -0.4 is 0 Å². The number of hydrogen-bond donors (Lipinski definition) is 1. The summed E-state index contributed by atoms with van der Waals surface area (Å²) in [5, 5.41) is 10.2. The van der Waals surface area contributed by atoms with E-state index in [0.29, 0.717) is 38.5 Å². The Hall–Kier alpha value is -1.53. The smallest absolute Gasteiger partial charge is 0.305 e. The Bertz CT molecular complexity index is 513. The largest absolute Gasteiger partial charge is 0.469 e. The minimum atomic E-state index is -0.639. The zero-order chi connectivity index (χ0) is 20.8. The molecule has 6 heteroatoms. The van der Waals surface area contributed by atoms with Crippen molar-refractivity contribution in [1.29, 1.82) is 0 Å². The number of methoxy groups -OCH3 is 2. The molecule has 2 unspecified atom stereocenters. The van der Waals surface area contributed by atoms with Crippen LogP contribution in [0, 0.1) is 11.8 Å². The zero-order valence-electron chi connectivity index (χ0n) is 17.4. The van der Waals surface area contributed by atoms with Crippen molar-refractivity contribution in [2.45, 2.75) is 76.7 Å². The fraction of sp³-hybridized carbons (Fsp3) is 0.773. The van der Waals surface area contributed by atoms with Crippen LogP contribution >= 0.6 is 0 Å². The van der Waals surface area contributed by atoms with Gasteiger partial charge >= 0.3 is 5.97 Å². The van der Waals surface area contributed by atoms with E-state index in [1.165, 1.54) is 7.11 Å². The van der Waals surface area contributed by atoms with Crippen LogP contribution in [0.3, 0.4) is 0 Å².